The van der Waals surface area contributed by atoms with E-state index in [9.17, 15) is 9.18 Å². The van der Waals surface area contributed by atoms with Crippen LogP contribution in [0, 0.1) is 5.82 Å². The molecule has 0 fully saturated rings. The summed E-state index contributed by atoms with van der Waals surface area (Å²) < 4.78 is 24.6. The van der Waals surface area contributed by atoms with E-state index >= 15 is 0 Å². The predicted molar refractivity (Wildman–Crippen MR) is 117 cm³/mol. The molecule has 0 spiro atoms. The smallest absolute Gasteiger partial charge is 0.185 e. The molecule has 1 aromatic heterocycles. The number of ether oxygens (including phenoxy) is 1. The Morgan fingerprint density at radius 3 is 2.55 bits per heavy atom. The lowest BCUT2D eigenvalue weighted by Gasteiger charge is -2.04. The van der Waals surface area contributed by atoms with Crippen molar-refractivity contribution in [1.82, 2.24) is 5.16 Å². The fraction of sp³-hybridized carbons (Fsp3) is 0.0400. The van der Waals surface area contributed by atoms with E-state index in [2.05, 4.69) is 5.16 Å². The number of rotatable bonds is 7. The number of aromatic nitrogens is 1. The van der Waals surface area contributed by atoms with Gasteiger partial charge in [-0.05, 0) is 48.0 Å². The van der Waals surface area contributed by atoms with Crippen LogP contribution in [0.3, 0.4) is 0 Å². The minimum atomic E-state index is -0.520. The molecule has 0 amide bonds. The van der Waals surface area contributed by atoms with Crippen LogP contribution in [-0.4, -0.2) is 10.9 Å². The fourth-order valence-corrected chi connectivity index (χ4v) is 2.99. The molecule has 6 heteroatoms. The number of allylic oxidation sites excluding steroid dienone is 1. The van der Waals surface area contributed by atoms with E-state index in [4.69, 9.17) is 20.9 Å². The lowest BCUT2D eigenvalue weighted by atomic mass is 10.1. The zero-order chi connectivity index (χ0) is 21.6. The fourth-order valence-electron chi connectivity index (χ4n) is 2.87. The quantitative estimate of drug-likeness (QED) is 0.243. The van der Waals surface area contributed by atoms with E-state index in [1.807, 2.05) is 30.3 Å². The number of hydrogen-bond acceptors (Lipinski definition) is 4. The third-order valence-electron chi connectivity index (χ3n) is 4.52. The highest BCUT2D eigenvalue weighted by atomic mass is 35.5. The maximum Gasteiger partial charge on any atom is 0.185 e. The molecule has 0 N–H and O–H groups in total. The van der Waals surface area contributed by atoms with Crippen LogP contribution in [0.1, 0.15) is 21.7 Å². The Hall–Kier alpha value is -3.70. The Labute approximate surface area is 183 Å². The van der Waals surface area contributed by atoms with Crippen molar-refractivity contribution in [2.24, 2.45) is 0 Å². The van der Waals surface area contributed by atoms with E-state index in [0.29, 0.717) is 28.3 Å². The van der Waals surface area contributed by atoms with Gasteiger partial charge in [0.2, 0.25) is 0 Å². The van der Waals surface area contributed by atoms with Crippen molar-refractivity contribution in [3.8, 4) is 17.0 Å². The van der Waals surface area contributed by atoms with Crippen LogP contribution >= 0.6 is 11.6 Å². The van der Waals surface area contributed by atoms with Gasteiger partial charge in [0, 0.05) is 17.2 Å². The summed E-state index contributed by atoms with van der Waals surface area (Å²) in [7, 11) is 0. The third-order valence-corrected chi connectivity index (χ3v) is 4.83. The molecule has 1 heterocycles. The zero-order valence-corrected chi connectivity index (χ0v) is 17.1. The second-order valence-electron chi connectivity index (χ2n) is 6.73. The summed E-state index contributed by atoms with van der Waals surface area (Å²) in [6.07, 6.45) is 3.32. The van der Waals surface area contributed by atoms with E-state index in [1.54, 1.807) is 48.6 Å². The monoisotopic (exact) mass is 433 g/mol. The van der Waals surface area contributed by atoms with Crippen LogP contribution < -0.4 is 4.74 Å². The highest BCUT2D eigenvalue weighted by Crippen LogP contribution is 2.24. The van der Waals surface area contributed by atoms with Gasteiger partial charge in [-0.15, -0.1) is 0 Å². The van der Waals surface area contributed by atoms with Crippen molar-refractivity contribution in [3.63, 3.8) is 0 Å². The highest BCUT2D eigenvalue weighted by molar-refractivity contribution is 6.30. The summed E-state index contributed by atoms with van der Waals surface area (Å²) in [6.45, 7) is 0.143. The van der Waals surface area contributed by atoms with E-state index in [1.165, 1.54) is 12.1 Å². The van der Waals surface area contributed by atoms with Gasteiger partial charge in [-0.2, -0.15) is 0 Å². The average molecular weight is 434 g/mol. The van der Waals surface area contributed by atoms with Crippen LogP contribution in [0.15, 0.2) is 89.5 Å². The minimum absolute atomic E-state index is 0.0493. The molecular formula is C25H17ClFNO3. The van der Waals surface area contributed by atoms with Crippen LogP contribution in [0.5, 0.6) is 5.75 Å². The van der Waals surface area contributed by atoms with Gasteiger partial charge in [0.25, 0.3) is 0 Å². The Balaban J connectivity index is 1.35. The Morgan fingerprint density at radius 2 is 1.81 bits per heavy atom. The maximum atomic E-state index is 13.6. The number of hydrogen-bond donors (Lipinski definition) is 0. The summed E-state index contributed by atoms with van der Waals surface area (Å²) in [5.74, 6) is 0.453. The first-order chi connectivity index (χ1) is 15.1. The van der Waals surface area contributed by atoms with Gasteiger partial charge in [0.1, 0.15) is 23.9 Å². The summed E-state index contributed by atoms with van der Waals surface area (Å²) in [5.41, 5.74) is 2.57. The molecule has 0 aliphatic carbocycles. The van der Waals surface area contributed by atoms with E-state index in [-0.39, 0.29) is 17.4 Å². The second kappa shape index (κ2) is 9.41. The molecular weight excluding hydrogens is 417 g/mol. The van der Waals surface area contributed by atoms with Crippen molar-refractivity contribution < 1.29 is 18.4 Å². The Kier molecular flexibility index (Phi) is 6.24. The molecule has 154 valence electrons. The summed E-state index contributed by atoms with van der Waals surface area (Å²) in [4.78, 5) is 12.3. The second-order valence-corrected chi connectivity index (χ2v) is 7.14. The number of carbonyl (C=O) groups excluding carboxylic acids is 1. The molecule has 0 atom stereocenters. The van der Waals surface area contributed by atoms with Gasteiger partial charge in [0.15, 0.2) is 11.5 Å². The molecule has 0 aliphatic heterocycles. The first-order valence-electron chi connectivity index (χ1n) is 9.50. The third kappa shape index (κ3) is 5.27. The molecule has 31 heavy (non-hydrogen) atoms. The van der Waals surface area contributed by atoms with Crippen LogP contribution in [0.2, 0.25) is 5.02 Å². The number of nitrogens with zero attached hydrogens (tertiary/aromatic N) is 1. The summed E-state index contributed by atoms with van der Waals surface area (Å²) >= 11 is 5.70. The predicted octanol–water partition coefficient (Wildman–Crippen LogP) is 6.61. The number of halogens is 2. The number of carbonyl (C=O) groups is 1. The standard InChI is InChI=1S/C25H17ClFNO3/c26-22-12-9-19(14-23(22)27)24-15-21(31-28-24)16-30-20-10-7-18(8-11-20)25(29)13-6-17-4-2-1-3-5-17/h1-15H,16H2. The molecule has 4 aromatic rings. The molecule has 0 bridgehead atoms. The normalized spacial score (nSPS) is 11.0. The van der Waals surface area contributed by atoms with Gasteiger partial charge >= 0.3 is 0 Å². The molecule has 0 saturated carbocycles. The molecule has 4 nitrogen and oxygen atoms in total. The van der Waals surface area contributed by atoms with Crippen molar-refractivity contribution in [3.05, 3.63) is 113 Å². The number of benzene rings is 3. The lowest BCUT2D eigenvalue weighted by molar-refractivity contribution is 0.104. The van der Waals surface area contributed by atoms with E-state index < -0.39 is 5.82 Å². The van der Waals surface area contributed by atoms with Gasteiger partial charge in [-0.25, -0.2) is 4.39 Å². The first-order valence-corrected chi connectivity index (χ1v) is 9.87. The van der Waals surface area contributed by atoms with Crippen molar-refractivity contribution in [2.75, 3.05) is 0 Å². The topological polar surface area (TPSA) is 52.3 Å². The molecule has 4 rings (SSSR count). The Bertz CT molecular complexity index is 1220. The summed E-state index contributed by atoms with van der Waals surface area (Å²) in [6, 6.07) is 22.6. The first kappa shape index (κ1) is 20.6. The Morgan fingerprint density at radius 1 is 1.03 bits per heavy atom. The SMILES string of the molecule is O=C(C=Cc1ccccc1)c1ccc(OCc2cc(-c3ccc(Cl)c(F)c3)no2)cc1. The lowest BCUT2D eigenvalue weighted by Crippen LogP contribution is -1.96. The molecule has 0 aliphatic rings. The van der Waals surface area contributed by atoms with Crippen molar-refractivity contribution >= 4 is 23.5 Å². The van der Waals surface area contributed by atoms with Crippen LogP contribution in [0.4, 0.5) is 4.39 Å². The van der Waals surface area contributed by atoms with Crippen molar-refractivity contribution in [2.45, 2.75) is 6.61 Å². The van der Waals surface area contributed by atoms with Gasteiger partial charge in [0.05, 0.1) is 5.02 Å². The molecule has 0 radical (unpaired) electrons. The van der Waals surface area contributed by atoms with Gasteiger partial charge in [-0.3, -0.25) is 4.79 Å². The largest absolute Gasteiger partial charge is 0.486 e. The minimum Gasteiger partial charge on any atom is -0.486 e. The molecule has 3 aromatic carbocycles. The summed E-state index contributed by atoms with van der Waals surface area (Å²) in [5, 5.41) is 3.98. The molecule has 0 unspecified atom stereocenters. The van der Waals surface area contributed by atoms with Crippen molar-refractivity contribution in [1.29, 1.82) is 0 Å². The number of ketones is 1. The van der Waals surface area contributed by atoms with Crippen LogP contribution in [-0.2, 0) is 6.61 Å². The molecule has 0 saturated heterocycles. The van der Waals surface area contributed by atoms with E-state index in [0.717, 1.165) is 5.56 Å². The average Bonchev–Trinajstić information content (AvgIpc) is 3.28. The van der Waals surface area contributed by atoms with Gasteiger partial charge in [-0.1, -0.05) is 59.2 Å². The van der Waals surface area contributed by atoms with Gasteiger partial charge < -0.3 is 9.26 Å². The van der Waals surface area contributed by atoms with Crippen LogP contribution in [0.25, 0.3) is 17.3 Å². The maximum absolute atomic E-state index is 13.6. The highest BCUT2D eigenvalue weighted by Gasteiger charge is 2.10. The zero-order valence-electron chi connectivity index (χ0n) is 16.3.